The van der Waals surface area contributed by atoms with Gasteiger partial charge in [0.15, 0.2) is 0 Å². The van der Waals surface area contributed by atoms with Gasteiger partial charge in [-0.2, -0.15) is 0 Å². The lowest BCUT2D eigenvalue weighted by molar-refractivity contribution is -0.0526. The van der Waals surface area contributed by atoms with E-state index in [1.165, 1.54) is 0 Å². The highest BCUT2D eigenvalue weighted by molar-refractivity contribution is 9.11. The Morgan fingerprint density at radius 2 is 2.22 bits per heavy atom. The first-order valence-electron chi connectivity index (χ1n) is 6.37. The average molecular weight is 378 g/mol. The van der Waals surface area contributed by atoms with Crippen molar-refractivity contribution in [2.75, 3.05) is 0 Å². The van der Waals surface area contributed by atoms with Crippen LogP contribution in [0, 0.1) is 0 Å². The van der Waals surface area contributed by atoms with Crippen molar-refractivity contribution in [3.63, 3.8) is 0 Å². The maximum Gasteiger partial charge on any atom is 0.0880 e. The second kappa shape index (κ2) is 7.06. The van der Waals surface area contributed by atoms with Gasteiger partial charge in [0.05, 0.1) is 29.2 Å². The van der Waals surface area contributed by atoms with Crippen LogP contribution in [0.4, 0.5) is 0 Å². The maximum absolute atomic E-state index is 6.19. The molecule has 0 spiro atoms. The molecule has 0 aromatic heterocycles. The van der Waals surface area contributed by atoms with Crippen LogP contribution in [0.2, 0.25) is 0 Å². The molecule has 2 heterocycles. The van der Waals surface area contributed by atoms with Gasteiger partial charge >= 0.3 is 0 Å². The standard InChI is InChI=1S/C14H18Br2O2/c1-2-12-11(16)6-3-7-13-14(18-12)9-10(17-13)5-4-8-15/h3,5-6,8,10-14H,2,7,9H2,1H3. The Kier molecular flexibility index (Phi) is 5.71. The van der Waals surface area contributed by atoms with Gasteiger partial charge in [0.25, 0.3) is 0 Å². The Labute approximate surface area is 125 Å². The monoisotopic (exact) mass is 376 g/mol. The molecule has 0 radical (unpaired) electrons. The summed E-state index contributed by atoms with van der Waals surface area (Å²) in [5, 5.41) is 0. The summed E-state index contributed by atoms with van der Waals surface area (Å²) in [5.41, 5.74) is 3.02. The second-order valence-corrected chi connectivity index (χ2v) is 6.14. The minimum atomic E-state index is 0.117. The molecule has 5 atom stereocenters. The van der Waals surface area contributed by atoms with E-state index in [9.17, 15) is 0 Å². The summed E-state index contributed by atoms with van der Waals surface area (Å²) in [6, 6.07) is 0. The van der Waals surface area contributed by atoms with Crippen LogP contribution in [0.3, 0.4) is 0 Å². The highest BCUT2D eigenvalue weighted by atomic mass is 79.9. The van der Waals surface area contributed by atoms with E-state index >= 15 is 0 Å². The molecule has 100 valence electrons. The van der Waals surface area contributed by atoms with Gasteiger partial charge in [-0.1, -0.05) is 50.9 Å². The largest absolute Gasteiger partial charge is 0.371 e. The van der Waals surface area contributed by atoms with E-state index < -0.39 is 0 Å². The zero-order chi connectivity index (χ0) is 13.0. The van der Waals surface area contributed by atoms with E-state index in [0.29, 0.717) is 4.83 Å². The number of rotatable bonds is 2. The van der Waals surface area contributed by atoms with Gasteiger partial charge < -0.3 is 9.47 Å². The molecular weight excluding hydrogens is 360 g/mol. The van der Waals surface area contributed by atoms with E-state index in [1.54, 1.807) is 4.99 Å². The van der Waals surface area contributed by atoms with E-state index in [4.69, 9.17) is 9.47 Å². The van der Waals surface area contributed by atoms with Crippen molar-refractivity contribution in [1.29, 1.82) is 0 Å². The molecule has 0 aromatic carbocycles. The van der Waals surface area contributed by atoms with Crippen molar-refractivity contribution in [3.05, 3.63) is 28.9 Å². The molecular formula is C14H18Br2O2. The van der Waals surface area contributed by atoms with Gasteiger partial charge in [0.2, 0.25) is 0 Å². The molecule has 0 amide bonds. The zero-order valence-corrected chi connectivity index (χ0v) is 13.6. The lowest BCUT2D eigenvalue weighted by Crippen LogP contribution is -2.34. The lowest BCUT2D eigenvalue weighted by Gasteiger charge is -2.28. The summed E-state index contributed by atoms with van der Waals surface area (Å²) < 4.78 is 12.2. The number of halogens is 2. The number of fused-ring (bicyclic) bond motifs is 1. The van der Waals surface area contributed by atoms with Gasteiger partial charge in [-0.3, -0.25) is 0 Å². The Morgan fingerprint density at radius 3 is 2.94 bits per heavy atom. The molecule has 2 rings (SSSR count). The van der Waals surface area contributed by atoms with Crippen molar-refractivity contribution in [1.82, 2.24) is 0 Å². The van der Waals surface area contributed by atoms with Gasteiger partial charge in [0.1, 0.15) is 0 Å². The molecule has 1 saturated heterocycles. The minimum Gasteiger partial charge on any atom is -0.371 e. The minimum absolute atomic E-state index is 0.117. The molecule has 0 aliphatic carbocycles. The van der Waals surface area contributed by atoms with Gasteiger partial charge in [0, 0.05) is 11.4 Å². The molecule has 0 aromatic rings. The Hall–Kier alpha value is 0.140. The van der Waals surface area contributed by atoms with Crippen LogP contribution in [0.5, 0.6) is 0 Å². The summed E-state index contributed by atoms with van der Waals surface area (Å²) in [4.78, 5) is 2.03. The first-order chi connectivity index (χ1) is 8.74. The second-order valence-electron chi connectivity index (χ2n) is 4.62. The van der Waals surface area contributed by atoms with Crippen LogP contribution in [-0.2, 0) is 9.47 Å². The van der Waals surface area contributed by atoms with Crippen molar-refractivity contribution in [2.45, 2.75) is 55.4 Å². The van der Waals surface area contributed by atoms with Gasteiger partial charge in [-0.25, -0.2) is 0 Å². The molecule has 4 heteroatoms. The third-order valence-corrected chi connectivity index (χ3v) is 4.53. The first kappa shape index (κ1) is 14.5. The Balaban J connectivity index is 2.06. The topological polar surface area (TPSA) is 18.5 Å². The predicted molar refractivity (Wildman–Crippen MR) is 80.3 cm³/mol. The number of hydrogen-bond donors (Lipinski definition) is 0. The summed E-state index contributed by atoms with van der Waals surface area (Å²) in [6.07, 6.45) is 9.90. The summed E-state index contributed by atoms with van der Waals surface area (Å²) in [5.74, 6) is 0. The zero-order valence-electron chi connectivity index (χ0n) is 10.4. The Bertz CT molecular complexity index is 361. The van der Waals surface area contributed by atoms with E-state index in [0.717, 1.165) is 19.3 Å². The van der Waals surface area contributed by atoms with Crippen molar-refractivity contribution in [3.8, 4) is 0 Å². The summed E-state index contributed by atoms with van der Waals surface area (Å²) >= 11 is 6.89. The fourth-order valence-corrected chi connectivity index (χ4v) is 3.30. The highest BCUT2D eigenvalue weighted by Gasteiger charge is 2.37. The highest BCUT2D eigenvalue weighted by Crippen LogP contribution is 2.31. The lowest BCUT2D eigenvalue weighted by atomic mass is 10.0. The smallest absolute Gasteiger partial charge is 0.0880 e. The molecule has 0 N–H and O–H groups in total. The van der Waals surface area contributed by atoms with Crippen LogP contribution >= 0.6 is 31.9 Å². The SMILES string of the molecule is CCC1OC2CC(C=C=CBr)OC2CC=CC1Br. The van der Waals surface area contributed by atoms with E-state index in [1.807, 2.05) is 6.08 Å². The van der Waals surface area contributed by atoms with E-state index in [2.05, 4.69) is 56.7 Å². The van der Waals surface area contributed by atoms with Crippen LogP contribution in [-0.4, -0.2) is 29.2 Å². The molecule has 0 bridgehead atoms. The molecule has 2 aliphatic rings. The van der Waals surface area contributed by atoms with Crippen LogP contribution < -0.4 is 0 Å². The van der Waals surface area contributed by atoms with Crippen molar-refractivity contribution >= 4 is 31.9 Å². The van der Waals surface area contributed by atoms with Crippen molar-refractivity contribution < 1.29 is 9.47 Å². The van der Waals surface area contributed by atoms with Crippen LogP contribution in [0.1, 0.15) is 26.2 Å². The third kappa shape index (κ3) is 3.58. The molecule has 0 saturated carbocycles. The summed E-state index contributed by atoms with van der Waals surface area (Å²) in [7, 11) is 0. The van der Waals surface area contributed by atoms with Gasteiger partial charge in [-0.15, -0.1) is 5.73 Å². The quantitative estimate of drug-likeness (QED) is 0.410. The van der Waals surface area contributed by atoms with Gasteiger partial charge in [-0.05, 0) is 18.9 Å². The molecule has 1 fully saturated rings. The van der Waals surface area contributed by atoms with Crippen molar-refractivity contribution in [2.24, 2.45) is 0 Å². The molecule has 2 aliphatic heterocycles. The van der Waals surface area contributed by atoms with Crippen LogP contribution in [0.15, 0.2) is 28.9 Å². The molecule has 18 heavy (non-hydrogen) atoms. The predicted octanol–water partition coefficient (Wildman–Crippen LogP) is 4.09. The first-order valence-corrected chi connectivity index (χ1v) is 8.20. The average Bonchev–Trinajstić information content (AvgIpc) is 2.73. The summed E-state index contributed by atoms with van der Waals surface area (Å²) in [6.45, 7) is 2.16. The number of alkyl halides is 1. The fraction of sp³-hybridized carbons (Fsp3) is 0.643. The molecule has 2 nitrogen and oxygen atoms in total. The number of hydrogen-bond acceptors (Lipinski definition) is 2. The molecule has 5 unspecified atom stereocenters. The third-order valence-electron chi connectivity index (χ3n) is 3.37. The number of ether oxygens (including phenoxy) is 2. The van der Waals surface area contributed by atoms with Crippen LogP contribution in [0.25, 0.3) is 0 Å². The maximum atomic E-state index is 6.19. The Morgan fingerprint density at radius 1 is 1.39 bits per heavy atom. The fourth-order valence-electron chi connectivity index (χ4n) is 2.44. The normalized spacial score (nSPS) is 39.4. The van der Waals surface area contributed by atoms with E-state index in [-0.39, 0.29) is 24.4 Å².